The molecule has 1 aliphatic rings. The fraction of sp³-hybridized carbons (Fsp3) is 0.462. The van der Waals surface area contributed by atoms with Crippen LogP contribution in [0, 0.1) is 5.92 Å². The second-order valence-electron chi connectivity index (χ2n) is 4.44. The number of rotatable bonds is 3. The molecule has 1 aliphatic carbocycles. The Morgan fingerprint density at radius 1 is 1.35 bits per heavy atom. The fourth-order valence-electron chi connectivity index (χ4n) is 2.12. The van der Waals surface area contributed by atoms with E-state index in [9.17, 15) is 4.79 Å². The van der Waals surface area contributed by atoms with Crippen LogP contribution in [0.25, 0.3) is 0 Å². The quantitative estimate of drug-likeness (QED) is 0.842. The molecule has 3 nitrogen and oxygen atoms in total. The Morgan fingerprint density at radius 3 is 2.65 bits per heavy atom. The largest absolute Gasteiger partial charge is 0.461 e. The lowest BCUT2D eigenvalue weighted by atomic mass is 10.1. The minimum absolute atomic E-state index is 0.0345. The van der Waals surface area contributed by atoms with E-state index >= 15 is 0 Å². The van der Waals surface area contributed by atoms with Crippen LogP contribution in [0.1, 0.15) is 24.8 Å². The molecule has 0 spiro atoms. The minimum Gasteiger partial charge on any atom is -0.461 e. The van der Waals surface area contributed by atoms with Crippen molar-refractivity contribution < 1.29 is 9.53 Å². The highest BCUT2D eigenvalue weighted by Gasteiger charge is 2.31. The molecule has 0 amide bonds. The summed E-state index contributed by atoms with van der Waals surface area (Å²) in [4.78, 5) is 11.8. The van der Waals surface area contributed by atoms with Crippen LogP contribution < -0.4 is 5.73 Å². The highest BCUT2D eigenvalue weighted by atomic mass is 35.5. The van der Waals surface area contributed by atoms with Gasteiger partial charge in [0.05, 0.1) is 5.92 Å². The van der Waals surface area contributed by atoms with Crippen molar-refractivity contribution in [3.63, 3.8) is 0 Å². The Kier molecular flexibility index (Phi) is 4.02. The monoisotopic (exact) mass is 253 g/mol. The zero-order chi connectivity index (χ0) is 12.3. The van der Waals surface area contributed by atoms with E-state index in [0.29, 0.717) is 11.6 Å². The lowest BCUT2D eigenvalue weighted by Gasteiger charge is -2.14. The topological polar surface area (TPSA) is 52.3 Å². The van der Waals surface area contributed by atoms with Crippen LogP contribution in [0.15, 0.2) is 24.3 Å². The summed E-state index contributed by atoms with van der Waals surface area (Å²) in [5, 5.41) is 0.679. The third-order valence-electron chi connectivity index (χ3n) is 3.17. The molecule has 2 atom stereocenters. The van der Waals surface area contributed by atoms with Crippen molar-refractivity contribution in [1.82, 2.24) is 0 Å². The maximum absolute atomic E-state index is 11.8. The SMILES string of the molecule is NC1CCCC1C(=O)OCc1ccc(Cl)cc1. The summed E-state index contributed by atoms with van der Waals surface area (Å²) in [5.41, 5.74) is 6.79. The van der Waals surface area contributed by atoms with Crippen molar-refractivity contribution in [3.8, 4) is 0 Å². The molecule has 1 fully saturated rings. The Bertz CT molecular complexity index is 391. The lowest BCUT2D eigenvalue weighted by Crippen LogP contribution is -2.31. The van der Waals surface area contributed by atoms with Gasteiger partial charge in [-0.05, 0) is 30.5 Å². The van der Waals surface area contributed by atoms with Gasteiger partial charge in [-0.1, -0.05) is 30.2 Å². The summed E-state index contributed by atoms with van der Waals surface area (Å²) in [6.07, 6.45) is 2.78. The van der Waals surface area contributed by atoms with E-state index in [4.69, 9.17) is 22.1 Å². The fourth-order valence-corrected chi connectivity index (χ4v) is 2.25. The van der Waals surface area contributed by atoms with Gasteiger partial charge in [-0.3, -0.25) is 4.79 Å². The molecule has 2 rings (SSSR count). The van der Waals surface area contributed by atoms with Crippen molar-refractivity contribution in [2.45, 2.75) is 31.9 Å². The van der Waals surface area contributed by atoms with Crippen LogP contribution in [-0.2, 0) is 16.1 Å². The minimum atomic E-state index is -0.176. The molecule has 0 bridgehead atoms. The van der Waals surface area contributed by atoms with Crippen molar-refractivity contribution in [2.24, 2.45) is 11.7 Å². The van der Waals surface area contributed by atoms with E-state index in [1.807, 2.05) is 12.1 Å². The number of halogens is 1. The highest BCUT2D eigenvalue weighted by Crippen LogP contribution is 2.25. The van der Waals surface area contributed by atoms with Gasteiger partial charge in [-0.2, -0.15) is 0 Å². The zero-order valence-corrected chi connectivity index (χ0v) is 10.3. The maximum Gasteiger partial charge on any atom is 0.310 e. The first-order valence-electron chi connectivity index (χ1n) is 5.83. The Balaban J connectivity index is 1.85. The molecule has 17 heavy (non-hydrogen) atoms. The molecule has 1 saturated carbocycles. The number of carbonyl (C=O) groups is 1. The Hall–Kier alpha value is -1.06. The van der Waals surface area contributed by atoms with E-state index in [0.717, 1.165) is 24.8 Å². The van der Waals surface area contributed by atoms with E-state index in [1.165, 1.54) is 0 Å². The van der Waals surface area contributed by atoms with E-state index in [2.05, 4.69) is 0 Å². The summed E-state index contributed by atoms with van der Waals surface area (Å²) >= 11 is 5.77. The number of carbonyl (C=O) groups excluding carboxylic acids is 1. The molecule has 0 aromatic heterocycles. The number of hydrogen-bond donors (Lipinski definition) is 1. The first-order chi connectivity index (χ1) is 8.16. The Labute approximate surface area is 106 Å². The molecule has 92 valence electrons. The van der Waals surface area contributed by atoms with Crippen molar-refractivity contribution >= 4 is 17.6 Å². The number of ether oxygens (including phenoxy) is 1. The van der Waals surface area contributed by atoms with Gasteiger partial charge < -0.3 is 10.5 Å². The number of nitrogens with two attached hydrogens (primary N) is 1. The summed E-state index contributed by atoms with van der Waals surface area (Å²) < 4.78 is 5.26. The maximum atomic E-state index is 11.8. The lowest BCUT2D eigenvalue weighted by molar-refractivity contribution is -0.150. The molecule has 1 aromatic carbocycles. The number of esters is 1. The molecule has 2 unspecified atom stereocenters. The van der Waals surface area contributed by atoms with Gasteiger partial charge in [0.1, 0.15) is 6.61 Å². The summed E-state index contributed by atoms with van der Waals surface area (Å²) in [5.74, 6) is -0.299. The molecule has 0 heterocycles. The Morgan fingerprint density at radius 2 is 2.06 bits per heavy atom. The van der Waals surface area contributed by atoms with E-state index < -0.39 is 0 Å². The molecule has 0 aliphatic heterocycles. The normalized spacial score (nSPS) is 23.6. The molecule has 1 aromatic rings. The predicted octanol–water partition coefficient (Wildman–Crippen LogP) is 2.51. The van der Waals surface area contributed by atoms with E-state index in [1.54, 1.807) is 12.1 Å². The highest BCUT2D eigenvalue weighted by molar-refractivity contribution is 6.30. The summed E-state index contributed by atoms with van der Waals surface area (Å²) in [6, 6.07) is 7.24. The summed E-state index contributed by atoms with van der Waals surface area (Å²) in [6.45, 7) is 0.291. The third-order valence-corrected chi connectivity index (χ3v) is 3.42. The zero-order valence-electron chi connectivity index (χ0n) is 9.56. The first kappa shape index (κ1) is 12.4. The molecule has 0 radical (unpaired) electrons. The molecule has 0 saturated heterocycles. The van der Waals surface area contributed by atoms with Crippen LogP contribution in [0.3, 0.4) is 0 Å². The molecular weight excluding hydrogens is 238 g/mol. The van der Waals surface area contributed by atoms with Crippen LogP contribution in [0.2, 0.25) is 5.02 Å². The smallest absolute Gasteiger partial charge is 0.310 e. The van der Waals surface area contributed by atoms with Gasteiger partial charge in [0.25, 0.3) is 0 Å². The van der Waals surface area contributed by atoms with Crippen molar-refractivity contribution in [1.29, 1.82) is 0 Å². The van der Waals surface area contributed by atoms with Crippen LogP contribution in [0.4, 0.5) is 0 Å². The third kappa shape index (κ3) is 3.20. The van der Waals surface area contributed by atoms with Gasteiger partial charge in [-0.15, -0.1) is 0 Å². The predicted molar refractivity (Wildman–Crippen MR) is 66.6 cm³/mol. The average molecular weight is 254 g/mol. The second kappa shape index (κ2) is 5.52. The number of benzene rings is 1. The first-order valence-corrected chi connectivity index (χ1v) is 6.21. The molecule has 4 heteroatoms. The van der Waals surface area contributed by atoms with Crippen LogP contribution in [0.5, 0.6) is 0 Å². The van der Waals surface area contributed by atoms with Gasteiger partial charge in [-0.25, -0.2) is 0 Å². The second-order valence-corrected chi connectivity index (χ2v) is 4.87. The van der Waals surface area contributed by atoms with Gasteiger partial charge >= 0.3 is 5.97 Å². The van der Waals surface area contributed by atoms with Crippen molar-refractivity contribution in [3.05, 3.63) is 34.9 Å². The average Bonchev–Trinajstić information content (AvgIpc) is 2.74. The van der Waals surface area contributed by atoms with Crippen LogP contribution >= 0.6 is 11.6 Å². The number of hydrogen-bond acceptors (Lipinski definition) is 3. The van der Waals surface area contributed by atoms with Gasteiger partial charge in [0.15, 0.2) is 0 Å². The van der Waals surface area contributed by atoms with Crippen molar-refractivity contribution in [2.75, 3.05) is 0 Å². The van der Waals surface area contributed by atoms with E-state index in [-0.39, 0.29) is 17.9 Å². The standard InChI is InChI=1S/C13H16ClNO2/c14-10-6-4-9(5-7-10)8-17-13(16)11-2-1-3-12(11)15/h4-7,11-12H,1-3,8,15H2. The summed E-state index contributed by atoms with van der Waals surface area (Å²) in [7, 11) is 0. The van der Waals surface area contributed by atoms with Gasteiger partial charge in [0, 0.05) is 11.1 Å². The molecular formula is C13H16ClNO2. The molecule has 2 N–H and O–H groups in total. The van der Waals surface area contributed by atoms with Crippen LogP contribution in [-0.4, -0.2) is 12.0 Å². The van der Waals surface area contributed by atoms with Gasteiger partial charge in [0.2, 0.25) is 0 Å².